The highest BCUT2D eigenvalue weighted by molar-refractivity contribution is 5.75. The summed E-state index contributed by atoms with van der Waals surface area (Å²) in [7, 11) is 0. The van der Waals surface area contributed by atoms with Gasteiger partial charge in [-0.05, 0) is 49.1 Å². The standard InChI is InChI=1S/C27H27F3N6O/c28-27(29,30)23-5-3-20(4-6-23)21-12-22(25-17-36(18-33-25)24-2-1-9-32-14-24)16-35(15-21)26(37)34-10-7-19(13-31)8-11-34/h1-6,9,14,17-19,21-22H,7-8,10-12,15-16H2. The van der Waals surface area contributed by atoms with Crippen LogP contribution in [0.4, 0.5) is 18.0 Å². The van der Waals surface area contributed by atoms with E-state index in [2.05, 4.69) is 16.0 Å². The van der Waals surface area contributed by atoms with E-state index >= 15 is 0 Å². The maximum absolute atomic E-state index is 13.5. The number of nitriles is 1. The van der Waals surface area contributed by atoms with Crippen LogP contribution in [0.3, 0.4) is 0 Å². The molecule has 1 aromatic carbocycles. The van der Waals surface area contributed by atoms with Gasteiger partial charge in [0.25, 0.3) is 0 Å². The maximum Gasteiger partial charge on any atom is 0.416 e. The minimum Gasteiger partial charge on any atom is -0.325 e. The molecule has 4 heterocycles. The van der Waals surface area contributed by atoms with Gasteiger partial charge in [-0.25, -0.2) is 9.78 Å². The Morgan fingerprint density at radius 1 is 1.03 bits per heavy atom. The van der Waals surface area contributed by atoms with E-state index in [4.69, 9.17) is 0 Å². The Hall–Kier alpha value is -3.87. The molecule has 0 spiro atoms. The topological polar surface area (TPSA) is 78.0 Å². The number of hydrogen-bond donors (Lipinski definition) is 0. The molecule has 2 amide bonds. The first kappa shape index (κ1) is 24.8. The lowest BCUT2D eigenvalue weighted by molar-refractivity contribution is -0.137. The number of alkyl halides is 3. The SMILES string of the molecule is N#CC1CCN(C(=O)N2CC(c3ccc(C(F)(F)F)cc3)CC(c3cn(-c4cccnc4)cn3)C2)CC1. The third kappa shape index (κ3) is 5.45. The smallest absolute Gasteiger partial charge is 0.325 e. The van der Waals surface area contributed by atoms with Crippen molar-refractivity contribution in [1.29, 1.82) is 5.26 Å². The summed E-state index contributed by atoms with van der Waals surface area (Å²) in [5.74, 6) is -0.251. The number of amides is 2. The highest BCUT2D eigenvalue weighted by Gasteiger charge is 2.36. The average molecular weight is 509 g/mol. The van der Waals surface area contributed by atoms with Gasteiger partial charge >= 0.3 is 12.2 Å². The first-order chi connectivity index (χ1) is 17.8. The Morgan fingerprint density at radius 2 is 1.76 bits per heavy atom. The molecule has 10 heteroatoms. The summed E-state index contributed by atoms with van der Waals surface area (Å²) < 4.78 is 41.2. The second-order valence-electron chi connectivity index (χ2n) is 9.74. The van der Waals surface area contributed by atoms with Crippen molar-refractivity contribution in [1.82, 2.24) is 24.3 Å². The number of urea groups is 1. The van der Waals surface area contributed by atoms with Gasteiger partial charge in [0.2, 0.25) is 0 Å². The number of carbonyl (C=O) groups is 1. The predicted octanol–water partition coefficient (Wildman–Crippen LogP) is 5.21. The predicted molar refractivity (Wildman–Crippen MR) is 130 cm³/mol. The second kappa shape index (κ2) is 10.2. The molecule has 2 saturated heterocycles. The van der Waals surface area contributed by atoms with Gasteiger partial charge in [-0.3, -0.25) is 4.98 Å². The quantitative estimate of drug-likeness (QED) is 0.486. The Bertz CT molecular complexity index is 1260. The summed E-state index contributed by atoms with van der Waals surface area (Å²) in [5, 5.41) is 9.19. The molecule has 2 aliphatic heterocycles. The molecular weight excluding hydrogens is 481 g/mol. The van der Waals surface area contributed by atoms with Gasteiger partial charge in [-0.15, -0.1) is 0 Å². The number of likely N-dealkylation sites (tertiary alicyclic amines) is 2. The lowest BCUT2D eigenvalue weighted by Crippen LogP contribution is -2.51. The number of pyridine rings is 1. The molecule has 2 atom stereocenters. The fraction of sp³-hybridized carbons (Fsp3) is 0.407. The van der Waals surface area contributed by atoms with Crippen LogP contribution in [0.5, 0.6) is 0 Å². The van der Waals surface area contributed by atoms with Crippen LogP contribution in [0.1, 0.15) is 47.9 Å². The fourth-order valence-corrected chi connectivity index (χ4v) is 5.25. The Labute approximate surface area is 213 Å². The van der Waals surface area contributed by atoms with E-state index < -0.39 is 11.7 Å². The van der Waals surface area contributed by atoms with Crippen molar-refractivity contribution in [2.45, 2.75) is 37.3 Å². The fourth-order valence-electron chi connectivity index (χ4n) is 5.25. The molecule has 2 aromatic heterocycles. The van der Waals surface area contributed by atoms with E-state index in [0.717, 1.165) is 29.1 Å². The van der Waals surface area contributed by atoms with Gasteiger partial charge in [0.05, 0.1) is 35.5 Å². The van der Waals surface area contributed by atoms with Crippen molar-refractivity contribution >= 4 is 6.03 Å². The van der Waals surface area contributed by atoms with Crippen molar-refractivity contribution in [3.63, 3.8) is 0 Å². The van der Waals surface area contributed by atoms with E-state index in [9.17, 15) is 23.2 Å². The van der Waals surface area contributed by atoms with Gasteiger partial charge in [0.1, 0.15) is 0 Å². The molecule has 2 unspecified atom stereocenters. The molecule has 0 N–H and O–H groups in total. The lowest BCUT2D eigenvalue weighted by Gasteiger charge is -2.41. The number of hydrogen-bond acceptors (Lipinski definition) is 4. The number of aromatic nitrogens is 3. The first-order valence-electron chi connectivity index (χ1n) is 12.4. The average Bonchev–Trinajstić information content (AvgIpc) is 3.43. The van der Waals surface area contributed by atoms with Crippen LogP contribution in [0.25, 0.3) is 5.69 Å². The second-order valence-corrected chi connectivity index (χ2v) is 9.74. The van der Waals surface area contributed by atoms with Crippen molar-refractivity contribution in [2.24, 2.45) is 5.92 Å². The summed E-state index contributed by atoms with van der Waals surface area (Å²) in [6, 6.07) is 11.2. The molecule has 2 fully saturated rings. The van der Waals surface area contributed by atoms with E-state index in [1.807, 2.05) is 22.9 Å². The summed E-state index contributed by atoms with van der Waals surface area (Å²) in [5.41, 5.74) is 1.77. The number of carbonyl (C=O) groups excluding carboxylic acids is 1. The number of imidazole rings is 1. The minimum atomic E-state index is -4.40. The van der Waals surface area contributed by atoms with E-state index in [-0.39, 0.29) is 23.8 Å². The molecule has 2 aliphatic rings. The van der Waals surface area contributed by atoms with E-state index in [1.54, 1.807) is 28.5 Å². The Balaban J connectivity index is 1.40. The summed E-state index contributed by atoms with van der Waals surface area (Å²) in [4.78, 5) is 25.9. The monoisotopic (exact) mass is 508 g/mol. The molecule has 7 nitrogen and oxygen atoms in total. The van der Waals surface area contributed by atoms with Crippen LogP contribution in [-0.2, 0) is 6.18 Å². The zero-order valence-electron chi connectivity index (χ0n) is 20.2. The number of piperidine rings is 2. The summed E-state index contributed by atoms with van der Waals surface area (Å²) in [6.45, 7) is 1.94. The van der Waals surface area contributed by atoms with E-state index in [1.165, 1.54) is 12.1 Å². The van der Waals surface area contributed by atoms with Gasteiger partial charge in [-0.2, -0.15) is 18.4 Å². The first-order valence-corrected chi connectivity index (χ1v) is 12.4. The Kier molecular flexibility index (Phi) is 6.87. The zero-order valence-corrected chi connectivity index (χ0v) is 20.2. The van der Waals surface area contributed by atoms with Crippen molar-refractivity contribution in [3.8, 4) is 11.8 Å². The molecule has 0 bridgehead atoms. The number of rotatable bonds is 3. The molecular formula is C27H27F3N6O. The highest BCUT2D eigenvalue weighted by atomic mass is 19.4. The van der Waals surface area contributed by atoms with Crippen LogP contribution in [0.2, 0.25) is 0 Å². The van der Waals surface area contributed by atoms with Gasteiger partial charge in [0, 0.05) is 56.3 Å². The third-order valence-corrected chi connectivity index (χ3v) is 7.34. The van der Waals surface area contributed by atoms with Crippen LogP contribution in [0.15, 0.2) is 61.3 Å². The van der Waals surface area contributed by atoms with Crippen molar-refractivity contribution in [3.05, 3.63) is 78.1 Å². The summed E-state index contributed by atoms with van der Waals surface area (Å²) >= 11 is 0. The molecule has 0 aliphatic carbocycles. The van der Waals surface area contributed by atoms with Gasteiger partial charge < -0.3 is 14.4 Å². The number of nitrogens with zero attached hydrogens (tertiary/aromatic N) is 6. The van der Waals surface area contributed by atoms with Crippen LogP contribution < -0.4 is 0 Å². The third-order valence-electron chi connectivity index (χ3n) is 7.34. The van der Waals surface area contributed by atoms with Gasteiger partial charge in [0.15, 0.2) is 0 Å². The van der Waals surface area contributed by atoms with E-state index in [0.29, 0.717) is 45.4 Å². The number of benzene rings is 1. The molecule has 37 heavy (non-hydrogen) atoms. The van der Waals surface area contributed by atoms with Crippen molar-refractivity contribution in [2.75, 3.05) is 26.2 Å². The molecule has 0 saturated carbocycles. The largest absolute Gasteiger partial charge is 0.416 e. The van der Waals surface area contributed by atoms with Crippen LogP contribution >= 0.6 is 0 Å². The van der Waals surface area contributed by atoms with Crippen LogP contribution in [-0.4, -0.2) is 56.5 Å². The Morgan fingerprint density at radius 3 is 2.41 bits per heavy atom. The number of halogens is 3. The molecule has 0 radical (unpaired) electrons. The molecule has 5 rings (SSSR count). The molecule has 3 aromatic rings. The zero-order chi connectivity index (χ0) is 26.0. The molecule has 192 valence electrons. The highest BCUT2D eigenvalue weighted by Crippen LogP contribution is 2.37. The lowest BCUT2D eigenvalue weighted by atomic mass is 9.83. The summed E-state index contributed by atoms with van der Waals surface area (Å²) in [6.07, 6.45) is 4.64. The normalized spacial score (nSPS) is 21.0. The minimum absolute atomic E-state index is 0.0329. The maximum atomic E-state index is 13.5. The van der Waals surface area contributed by atoms with Crippen molar-refractivity contribution < 1.29 is 18.0 Å². The van der Waals surface area contributed by atoms with Gasteiger partial charge in [-0.1, -0.05) is 12.1 Å². The van der Waals surface area contributed by atoms with Crippen LogP contribution in [0, 0.1) is 17.2 Å².